The maximum absolute atomic E-state index is 12.4. The molecule has 0 bridgehead atoms. The predicted octanol–water partition coefficient (Wildman–Crippen LogP) is 3.48. The third-order valence-electron chi connectivity index (χ3n) is 4.18. The molecule has 3 rings (SSSR count). The van der Waals surface area contributed by atoms with Crippen molar-refractivity contribution in [3.8, 4) is 0 Å². The van der Waals surface area contributed by atoms with E-state index < -0.39 is 0 Å². The van der Waals surface area contributed by atoms with E-state index in [2.05, 4.69) is 33.4 Å². The monoisotopic (exact) mass is 446 g/mol. The van der Waals surface area contributed by atoms with Gasteiger partial charge in [0.1, 0.15) is 0 Å². The van der Waals surface area contributed by atoms with Gasteiger partial charge in [-0.3, -0.25) is 19.3 Å². The van der Waals surface area contributed by atoms with Gasteiger partial charge in [-0.25, -0.2) is 0 Å². The van der Waals surface area contributed by atoms with Gasteiger partial charge in [0.15, 0.2) is 0 Å². The van der Waals surface area contributed by atoms with E-state index in [4.69, 9.17) is 0 Å². The Labute approximate surface area is 170 Å². The first kappa shape index (κ1) is 19.6. The summed E-state index contributed by atoms with van der Waals surface area (Å²) in [5, 5.41) is 2.84. The van der Waals surface area contributed by atoms with E-state index in [0.717, 1.165) is 20.9 Å². The highest BCUT2D eigenvalue weighted by Gasteiger charge is 2.35. The Bertz CT molecular complexity index is 858. The Morgan fingerprint density at radius 1 is 1.04 bits per heavy atom. The van der Waals surface area contributed by atoms with E-state index in [0.29, 0.717) is 17.7 Å². The van der Waals surface area contributed by atoms with Gasteiger partial charge in [0.25, 0.3) is 11.8 Å². The fourth-order valence-electron chi connectivity index (χ4n) is 2.79. The molecule has 0 fully saturated rings. The summed E-state index contributed by atoms with van der Waals surface area (Å²) >= 11 is 5.05. The number of halogens is 1. The van der Waals surface area contributed by atoms with Crippen LogP contribution in [0.5, 0.6) is 0 Å². The number of nitrogens with one attached hydrogen (secondary N) is 1. The summed E-state index contributed by atoms with van der Waals surface area (Å²) in [5.41, 5.74) is 2.03. The molecule has 27 heavy (non-hydrogen) atoms. The first-order chi connectivity index (χ1) is 13.1. The number of nitrogens with zero attached hydrogens (tertiary/aromatic N) is 1. The van der Waals surface area contributed by atoms with Crippen molar-refractivity contribution in [2.45, 2.75) is 12.2 Å². The van der Waals surface area contributed by atoms with Crippen LogP contribution in [0.1, 0.15) is 32.7 Å². The number of thioether (sulfide) groups is 1. The van der Waals surface area contributed by atoms with Gasteiger partial charge >= 0.3 is 0 Å². The molecular weight excluding hydrogens is 428 g/mol. The Hall–Kier alpha value is -2.12. The number of imide groups is 1. The van der Waals surface area contributed by atoms with Crippen molar-refractivity contribution < 1.29 is 14.4 Å². The third kappa shape index (κ3) is 4.99. The smallest absolute Gasteiger partial charge is 0.261 e. The Morgan fingerprint density at radius 2 is 1.78 bits per heavy atom. The molecule has 0 aliphatic carbocycles. The van der Waals surface area contributed by atoms with Crippen LogP contribution >= 0.6 is 27.7 Å². The van der Waals surface area contributed by atoms with Crippen LogP contribution in [0.2, 0.25) is 0 Å². The van der Waals surface area contributed by atoms with E-state index >= 15 is 0 Å². The van der Waals surface area contributed by atoms with E-state index in [1.165, 1.54) is 5.56 Å². The molecule has 1 aliphatic heterocycles. The van der Waals surface area contributed by atoms with Crippen LogP contribution in [0.15, 0.2) is 53.0 Å². The van der Waals surface area contributed by atoms with Crippen molar-refractivity contribution in [3.63, 3.8) is 0 Å². The zero-order valence-electron chi connectivity index (χ0n) is 14.6. The van der Waals surface area contributed by atoms with E-state index in [9.17, 15) is 14.4 Å². The highest BCUT2D eigenvalue weighted by atomic mass is 79.9. The van der Waals surface area contributed by atoms with Gasteiger partial charge in [-0.1, -0.05) is 46.3 Å². The normalized spacial score (nSPS) is 13.0. The second-order valence-electron chi connectivity index (χ2n) is 6.09. The van der Waals surface area contributed by atoms with Crippen molar-refractivity contribution in [1.29, 1.82) is 0 Å². The molecule has 0 spiro atoms. The molecule has 3 amide bonds. The Kier molecular flexibility index (Phi) is 6.68. The molecule has 1 heterocycles. The van der Waals surface area contributed by atoms with E-state index in [1.807, 2.05) is 18.2 Å². The van der Waals surface area contributed by atoms with Crippen LogP contribution < -0.4 is 5.32 Å². The summed E-state index contributed by atoms with van der Waals surface area (Å²) in [5.74, 6) is 0.868. The second-order valence-corrected chi connectivity index (χ2v) is 8.11. The van der Waals surface area contributed by atoms with Gasteiger partial charge in [-0.2, -0.15) is 11.8 Å². The number of hydrogen-bond acceptors (Lipinski definition) is 4. The molecule has 7 heteroatoms. The minimum Gasteiger partial charge on any atom is -0.355 e. The standard InChI is InChI=1S/C20H19BrN2O3S/c21-15-6-7-16-17(12-15)20(26)23(19(16)25)10-8-18(24)22-9-11-27-13-14-4-2-1-3-5-14/h1-7,12H,8-11,13H2,(H,22,24). The van der Waals surface area contributed by atoms with Gasteiger partial charge in [-0.05, 0) is 23.8 Å². The second kappa shape index (κ2) is 9.19. The lowest BCUT2D eigenvalue weighted by molar-refractivity contribution is -0.121. The Morgan fingerprint density at radius 3 is 2.56 bits per heavy atom. The van der Waals surface area contributed by atoms with Crippen molar-refractivity contribution in [1.82, 2.24) is 10.2 Å². The van der Waals surface area contributed by atoms with Gasteiger partial charge in [0.05, 0.1) is 11.1 Å². The molecule has 0 unspecified atom stereocenters. The summed E-state index contributed by atoms with van der Waals surface area (Å²) in [6.07, 6.45) is 0.107. The predicted molar refractivity (Wildman–Crippen MR) is 110 cm³/mol. The van der Waals surface area contributed by atoms with E-state index in [-0.39, 0.29) is 30.7 Å². The molecule has 1 aliphatic rings. The fourth-order valence-corrected chi connectivity index (χ4v) is 3.97. The average molecular weight is 447 g/mol. The van der Waals surface area contributed by atoms with Gasteiger partial charge < -0.3 is 5.32 Å². The highest BCUT2D eigenvalue weighted by Crippen LogP contribution is 2.26. The molecule has 2 aromatic rings. The molecule has 5 nitrogen and oxygen atoms in total. The number of carbonyl (C=O) groups is 3. The van der Waals surface area contributed by atoms with Crippen LogP contribution in [-0.2, 0) is 10.5 Å². The maximum Gasteiger partial charge on any atom is 0.261 e. The molecule has 2 aromatic carbocycles. The van der Waals surface area contributed by atoms with Gasteiger partial charge in [0, 0.05) is 35.5 Å². The van der Waals surface area contributed by atoms with Crippen LogP contribution in [0, 0.1) is 0 Å². The topological polar surface area (TPSA) is 66.5 Å². The van der Waals surface area contributed by atoms with Crippen LogP contribution in [0.25, 0.3) is 0 Å². The number of amides is 3. The zero-order chi connectivity index (χ0) is 19.2. The highest BCUT2D eigenvalue weighted by molar-refractivity contribution is 9.10. The Balaban J connectivity index is 1.38. The first-order valence-electron chi connectivity index (χ1n) is 8.60. The number of fused-ring (bicyclic) bond motifs is 1. The lowest BCUT2D eigenvalue weighted by Crippen LogP contribution is -2.35. The fraction of sp³-hybridized carbons (Fsp3) is 0.250. The van der Waals surface area contributed by atoms with Crippen LogP contribution in [0.3, 0.4) is 0 Å². The quantitative estimate of drug-likeness (QED) is 0.497. The molecule has 0 saturated heterocycles. The number of hydrogen-bond donors (Lipinski definition) is 1. The zero-order valence-corrected chi connectivity index (χ0v) is 17.0. The summed E-state index contributed by atoms with van der Waals surface area (Å²) in [7, 11) is 0. The van der Waals surface area contributed by atoms with Crippen LogP contribution in [-0.4, -0.2) is 41.5 Å². The van der Waals surface area contributed by atoms with Gasteiger partial charge in [-0.15, -0.1) is 0 Å². The van der Waals surface area contributed by atoms with Crippen molar-refractivity contribution in [2.75, 3.05) is 18.8 Å². The maximum atomic E-state index is 12.4. The summed E-state index contributed by atoms with van der Waals surface area (Å²) in [4.78, 5) is 37.8. The molecule has 0 aromatic heterocycles. The molecule has 1 N–H and O–H groups in total. The van der Waals surface area contributed by atoms with Crippen LogP contribution in [0.4, 0.5) is 0 Å². The molecule has 0 saturated carbocycles. The van der Waals surface area contributed by atoms with Crippen molar-refractivity contribution >= 4 is 45.4 Å². The largest absolute Gasteiger partial charge is 0.355 e. The molecule has 0 radical (unpaired) electrons. The lowest BCUT2D eigenvalue weighted by Gasteiger charge is -2.13. The number of rotatable bonds is 8. The van der Waals surface area contributed by atoms with Crippen molar-refractivity contribution in [2.24, 2.45) is 0 Å². The molecular formula is C20H19BrN2O3S. The third-order valence-corrected chi connectivity index (χ3v) is 5.70. The van der Waals surface area contributed by atoms with Gasteiger partial charge in [0.2, 0.25) is 5.91 Å². The number of benzene rings is 2. The first-order valence-corrected chi connectivity index (χ1v) is 10.5. The minimum atomic E-state index is -0.345. The molecule has 0 atom stereocenters. The summed E-state index contributed by atoms with van der Waals surface area (Å²) < 4.78 is 0.745. The summed E-state index contributed by atoms with van der Waals surface area (Å²) in [6.45, 7) is 0.651. The summed E-state index contributed by atoms with van der Waals surface area (Å²) in [6, 6.07) is 15.2. The minimum absolute atomic E-state index is 0.0902. The lowest BCUT2D eigenvalue weighted by atomic mass is 10.1. The SMILES string of the molecule is O=C(CCN1C(=O)c2ccc(Br)cc2C1=O)NCCSCc1ccccc1. The van der Waals surface area contributed by atoms with E-state index in [1.54, 1.807) is 30.0 Å². The number of carbonyl (C=O) groups excluding carboxylic acids is 3. The van der Waals surface area contributed by atoms with Crippen molar-refractivity contribution in [3.05, 3.63) is 69.7 Å². The average Bonchev–Trinajstić information content (AvgIpc) is 2.90. The molecule has 140 valence electrons.